The maximum Gasteiger partial charge on any atom is 0.228 e. The number of aromatic amines is 1. The van der Waals surface area contributed by atoms with Gasteiger partial charge >= 0.3 is 0 Å². The van der Waals surface area contributed by atoms with Crippen LogP contribution in [0.25, 0.3) is 0 Å². The molecule has 2 aliphatic heterocycles. The largest absolute Gasteiger partial charge is 0.355 e. The van der Waals surface area contributed by atoms with Crippen molar-refractivity contribution in [2.45, 2.75) is 50.7 Å². The Hall–Kier alpha value is -3.06. The zero-order chi connectivity index (χ0) is 21.1. The standard InChI is InChI=1S/C24H28N6O/c31-23(26-13-11-19-16-27-29-28-19)24(14-18-6-2-1-3-7-18)15-21-9-10-22(24)30(21)17-20-8-4-5-12-25-20/h1-8,12,16,21-22H,9-11,13-15,17H2,(H,26,31)(H,27,28,29)/t21-,22+,24+/m1/s1. The highest BCUT2D eigenvalue weighted by atomic mass is 16.2. The van der Waals surface area contributed by atoms with E-state index in [-0.39, 0.29) is 11.9 Å². The Bertz CT molecular complexity index is 993. The Labute approximate surface area is 182 Å². The van der Waals surface area contributed by atoms with Crippen molar-refractivity contribution >= 4 is 5.91 Å². The van der Waals surface area contributed by atoms with Gasteiger partial charge in [0.15, 0.2) is 0 Å². The van der Waals surface area contributed by atoms with Crippen molar-refractivity contribution in [1.29, 1.82) is 0 Å². The molecular formula is C24H28N6O. The molecule has 31 heavy (non-hydrogen) atoms. The summed E-state index contributed by atoms with van der Waals surface area (Å²) >= 11 is 0. The average Bonchev–Trinajstić information content (AvgIpc) is 3.52. The SMILES string of the molecule is O=C(NCCc1cn[nH]n1)[C@@]1(Cc2ccccc2)C[C@H]2CC[C@@H]1N2Cc1ccccn1. The number of rotatable bonds is 8. The molecule has 1 aromatic carbocycles. The van der Waals surface area contributed by atoms with Gasteiger partial charge in [-0.1, -0.05) is 36.4 Å². The Morgan fingerprint density at radius 2 is 2.00 bits per heavy atom. The van der Waals surface area contributed by atoms with Crippen molar-refractivity contribution in [3.05, 3.63) is 77.9 Å². The topological polar surface area (TPSA) is 86.8 Å². The number of amides is 1. The van der Waals surface area contributed by atoms with Crippen LogP contribution in [0.3, 0.4) is 0 Å². The van der Waals surface area contributed by atoms with E-state index in [4.69, 9.17) is 0 Å². The number of carbonyl (C=O) groups excluding carboxylic acids is 1. The first-order chi connectivity index (χ1) is 15.2. The van der Waals surface area contributed by atoms with E-state index >= 15 is 0 Å². The minimum absolute atomic E-state index is 0.165. The summed E-state index contributed by atoms with van der Waals surface area (Å²) in [5, 5.41) is 13.8. The third-order valence-corrected chi connectivity index (χ3v) is 6.90. The van der Waals surface area contributed by atoms with Crippen molar-refractivity contribution in [3.63, 3.8) is 0 Å². The number of benzene rings is 1. The maximum absolute atomic E-state index is 13.7. The molecule has 7 nitrogen and oxygen atoms in total. The zero-order valence-electron chi connectivity index (χ0n) is 17.6. The fourth-order valence-electron chi connectivity index (χ4n) is 5.52. The Morgan fingerprint density at radius 1 is 1.13 bits per heavy atom. The molecule has 160 valence electrons. The van der Waals surface area contributed by atoms with Gasteiger partial charge in [0.1, 0.15) is 0 Å². The number of nitrogens with one attached hydrogen (secondary N) is 2. The lowest BCUT2D eigenvalue weighted by Crippen LogP contribution is -2.50. The molecule has 2 fully saturated rings. The molecule has 0 saturated carbocycles. The van der Waals surface area contributed by atoms with Gasteiger partial charge in [-0.25, -0.2) is 0 Å². The Balaban J connectivity index is 1.37. The average molecular weight is 417 g/mol. The van der Waals surface area contributed by atoms with Gasteiger partial charge < -0.3 is 5.32 Å². The number of hydrogen-bond donors (Lipinski definition) is 2. The molecule has 2 aliphatic rings. The number of pyridine rings is 1. The van der Waals surface area contributed by atoms with Gasteiger partial charge in [-0.2, -0.15) is 15.4 Å². The van der Waals surface area contributed by atoms with E-state index in [2.05, 4.69) is 60.9 Å². The van der Waals surface area contributed by atoms with Crippen molar-refractivity contribution in [3.8, 4) is 0 Å². The molecule has 4 heterocycles. The van der Waals surface area contributed by atoms with Crippen LogP contribution in [0.4, 0.5) is 0 Å². The first kappa shape index (κ1) is 19.9. The molecule has 5 rings (SSSR count). The number of aromatic nitrogens is 4. The Morgan fingerprint density at radius 3 is 2.77 bits per heavy atom. The molecule has 0 unspecified atom stereocenters. The molecule has 1 amide bonds. The summed E-state index contributed by atoms with van der Waals surface area (Å²) in [4.78, 5) is 20.8. The van der Waals surface area contributed by atoms with Gasteiger partial charge in [-0.15, -0.1) is 0 Å². The van der Waals surface area contributed by atoms with Crippen molar-refractivity contribution in [1.82, 2.24) is 30.6 Å². The molecule has 0 spiro atoms. The first-order valence-corrected chi connectivity index (χ1v) is 11.1. The number of carbonyl (C=O) groups is 1. The second kappa shape index (κ2) is 8.59. The number of nitrogens with zero attached hydrogens (tertiary/aromatic N) is 4. The van der Waals surface area contributed by atoms with Crippen LogP contribution >= 0.6 is 0 Å². The van der Waals surface area contributed by atoms with Gasteiger partial charge in [0.05, 0.1) is 23.0 Å². The van der Waals surface area contributed by atoms with Gasteiger partial charge in [-0.3, -0.25) is 14.7 Å². The predicted molar refractivity (Wildman–Crippen MR) is 117 cm³/mol. The molecule has 2 N–H and O–H groups in total. The third kappa shape index (κ3) is 3.97. The summed E-state index contributed by atoms with van der Waals surface area (Å²) in [6, 6.07) is 17.1. The van der Waals surface area contributed by atoms with E-state index in [1.165, 1.54) is 5.56 Å². The lowest BCUT2D eigenvalue weighted by molar-refractivity contribution is -0.133. The zero-order valence-corrected chi connectivity index (χ0v) is 17.6. The lowest BCUT2D eigenvalue weighted by Gasteiger charge is -2.36. The highest BCUT2D eigenvalue weighted by Gasteiger charge is 2.59. The normalized spacial score (nSPS) is 25.0. The molecule has 3 atom stereocenters. The van der Waals surface area contributed by atoms with E-state index in [1.807, 2.05) is 24.4 Å². The van der Waals surface area contributed by atoms with Crippen LogP contribution in [-0.2, 0) is 24.2 Å². The van der Waals surface area contributed by atoms with E-state index in [0.29, 0.717) is 19.0 Å². The summed E-state index contributed by atoms with van der Waals surface area (Å²) < 4.78 is 0. The third-order valence-electron chi connectivity index (χ3n) is 6.90. The summed E-state index contributed by atoms with van der Waals surface area (Å²) in [5.74, 6) is 0.165. The fraction of sp³-hybridized carbons (Fsp3) is 0.417. The van der Waals surface area contributed by atoms with Gasteiger partial charge in [0.25, 0.3) is 0 Å². The molecule has 3 aromatic rings. The van der Waals surface area contributed by atoms with Crippen molar-refractivity contribution in [2.75, 3.05) is 6.54 Å². The van der Waals surface area contributed by atoms with Crippen LogP contribution in [-0.4, -0.2) is 49.8 Å². The summed E-state index contributed by atoms with van der Waals surface area (Å²) in [5.41, 5.74) is 2.74. The molecule has 2 bridgehead atoms. The number of hydrogen-bond acceptors (Lipinski definition) is 5. The molecule has 2 aromatic heterocycles. The summed E-state index contributed by atoms with van der Waals surface area (Å²) in [7, 11) is 0. The van der Waals surface area contributed by atoms with E-state index in [9.17, 15) is 4.79 Å². The molecule has 0 radical (unpaired) electrons. The second-order valence-electron chi connectivity index (χ2n) is 8.73. The summed E-state index contributed by atoms with van der Waals surface area (Å²) in [6.07, 6.45) is 8.11. The van der Waals surface area contributed by atoms with Crippen LogP contribution in [0.1, 0.15) is 36.2 Å². The molecule has 0 aliphatic carbocycles. The van der Waals surface area contributed by atoms with Crippen LogP contribution in [0.2, 0.25) is 0 Å². The first-order valence-electron chi connectivity index (χ1n) is 11.1. The smallest absolute Gasteiger partial charge is 0.228 e. The highest BCUT2D eigenvalue weighted by Crippen LogP contribution is 2.52. The van der Waals surface area contributed by atoms with Crippen LogP contribution in [0.5, 0.6) is 0 Å². The maximum atomic E-state index is 13.7. The van der Waals surface area contributed by atoms with Crippen LogP contribution in [0.15, 0.2) is 60.9 Å². The number of fused-ring (bicyclic) bond motifs is 2. The van der Waals surface area contributed by atoms with Crippen LogP contribution in [0, 0.1) is 5.41 Å². The van der Waals surface area contributed by atoms with Crippen molar-refractivity contribution < 1.29 is 4.79 Å². The number of H-pyrrole nitrogens is 1. The van der Waals surface area contributed by atoms with Gasteiger partial charge in [0.2, 0.25) is 5.91 Å². The van der Waals surface area contributed by atoms with Gasteiger partial charge in [-0.05, 0) is 43.4 Å². The minimum Gasteiger partial charge on any atom is -0.355 e. The second-order valence-corrected chi connectivity index (χ2v) is 8.73. The Kier molecular flexibility index (Phi) is 5.51. The quantitative estimate of drug-likeness (QED) is 0.589. The summed E-state index contributed by atoms with van der Waals surface area (Å²) in [6.45, 7) is 1.37. The molecule has 7 heteroatoms. The minimum atomic E-state index is -0.414. The fourth-order valence-corrected chi connectivity index (χ4v) is 5.52. The van der Waals surface area contributed by atoms with Crippen molar-refractivity contribution in [2.24, 2.45) is 5.41 Å². The highest BCUT2D eigenvalue weighted by molar-refractivity contribution is 5.84. The molecular weight excluding hydrogens is 388 g/mol. The van der Waals surface area contributed by atoms with Gasteiger partial charge in [0, 0.05) is 37.8 Å². The molecule has 2 saturated heterocycles. The van der Waals surface area contributed by atoms with E-state index < -0.39 is 5.41 Å². The lowest BCUT2D eigenvalue weighted by atomic mass is 9.69. The monoisotopic (exact) mass is 416 g/mol. The predicted octanol–water partition coefficient (Wildman–Crippen LogP) is 2.52. The van der Waals surface area contributed by atoms with E-state index in [1.54, 1.807) is 6.20 Å². The van der Waals surface area contributed by atoms with Crippen LogP contribution < -0.4 is 5.32 Å². The van der Waals surface area contributed by atoms with E-state index in [0.717, 1.165) is 43.6 Å².